The van der Waals surface area contributed by atoms with Crippen molar-refractivity contribution < 1.29 is 69.8 Å². The van der Waals surface area contributed by atoms with E-state index in [4.69, 9.17) is 32.7 Å². The molecule has 9 heteroatoms. The van der Waals surface area contributed by atoms with E-state index in [9.17, 15) is 9.59 Å². The summed E-state index contributed by atoms with van der Waals surface area (Å²) in [6, 6.07) is 15.9. The molecule has 0 fully saturated rings. The molecule has 0 aliphatic rings. The van der Waals surface area contributed by atoms with Crippen molar-refractivity contribution in [2.75, 3.05) is 13.2 Å². The first-order valence-corrected chi connectivity index (χ1v) is 9.09. The molecule has 0 aliphatic heterocycles. The Morgan fingerprint density at radius 1 is 0.828 bits per heavy atom. The number of halogens is 3. The zero-order chi connectivity index (χ0) is 19.4. The molecule has 0 bridgehead atoms. The zero-order valence-electron chi connectivity index (χ0n) is 16.8. The first kappa shape index (κ1) is 33.1. The van der Waals surface area contributed by atoms with Crippen LogP contribution in [0.4, 0.5) is 0 Å². The molecule has 0 N–H and O–H groups in total. The molecule has 2 aromatic carbocycles. The van der Waals surface area contributed by atoms with Crippen LogP contribution in [0.5, 0.6) is 0 Å². The van der Waals surface area contributed by atoms with Crippen LogP contribution in [0.2, 0.25) is 0 Å². The van der Waals surface area contributed by atoms with Crippen molar-refractivity contribution in [3.05, 3.63) is 70.8 Å². The average Bonchev–Trinajstić information content (AvgIpc) is 2.69. The van der Waals surface area contributed by atoms with E-state index in [0.29, 0.717) is 36.1 Å². The molecule has 0 aliphatic carbocycles. The van der Waals surface area contributed by atoms with Crippen molar-refractivity contribution in [3.8, 4) is 0 Å². The Bertz CT molecular complexity index is 636. The van der Waals surface area contributed by atoms with E-state index in [-0.39, 0.29) is 62.7 Å². The fraction of sp³-hybridized carbons (Fsp3) is 0.300. The van der Waals surface area contributed by atoms with Crippen LogP contribution in [0, 0.1) is 12.1 Å². The van der Waals surface area contributed by atoms with Crippen molar-refractivity contribution in [1.82, 2.24) is 0 Å². The second-order valence-corrected chi connectivity index (χ2v) is 5.45. The standard InChI is InChI=1S/2C10H10ClO2.ClH.Li.Zn/c2*1-2-13-10(12)9-5-3-8(7-11)4-6-9;;;/h2*3,5-6H,2,7H2,1H3;1H;;/q2*-1;;+1;+2/p-1. The normalized spacial score (nSPS) is 8.69. The van der Waals surface area contributed by atoms with E-state index in [1.165, 1.54) is 0 Å². The van der Waals surface area contributed by atoms with Gasteiger partial charge in [-0.1, -0.05) is 11.1 Å². The van der Waals surface area contributed by atoms with Crippen LogP contribution in [-0.2, 0) is 40.7 Å². The second kappa shape index (κ2) is 19.4. The number of hydrogen-bond donors (Lipinski definition) is 0. The smallest absolute Gasteiger partial charge is 1.00 e. The second-order valence-electron chi connectivity index (χ2n) is 4.91. The molecule has 0 atom stereocenters. The predicted octanol–water partition coefficient (Wildman–Crippen LogP) is -1.19. The number of hydrogen-bond acceptors (Lipinski definition) is 4. The molecule has 0 saturated carbocycles. The van der Waals surface area contributed by atoms with Gasteiger partial charge in [-0.05, 0) is 13.8 Å². The van der Waals surface area contributed by atoms with Gasteiger partial charge in [-0.15, -0.1) is 34.3 Å². The van der Waals surface area contributed by atoms with E-state index < -0.39 is 0 Å². The number of ether oxygens (including phenoxy) is 2. The molecule has 0 heterocycles. The molecule has 29 heavy (non-hydrogen) atoms. The van der Waals surface area contributed by atoms with Gasteiger partial charge in [-0.2, -0.15) is 48.5 Å². The quantitative estimate of drug-likeness (QED) is 0.216. The van der Waals surface area contributed by atoms with Gasteiger partial charge in [-0.25, -0.2) is 0 Å². The molecular formula is C20H20Cl3LiO4Zn. The number of alkyl halides is 2. The summed E-state index contributed by atoms with van der Waals surface area (Å²) in [7, 11) is 0. The third-order valence-electron chi connectivity index (χ3n) is 3.06. The Labute approximate surface area is 213 Å². The Morgan fingerprint density at radius 2 is 1.17 bits per heavy atom. The number of rotatable bonds is 6. The Kier molecular flexibility index (Phi) is 22.2. The van der Waals surface area contributed by atoms with Gasteiger partial charge in [0, 0.05) is 11.8 Å². The van der Waals surface area contributed by atoms with Crippen LogP contribution >= 0.6 is 23.2 Å². The number of carbonyl (C=O) groups is 2. The van der Waals surface area contributed by atoms with Crippen molar-refractivity contribution in [3.63, 3.8) is 0 Å². The van der Waals surface area contributed by atoms with Crippen LogP contribution in [0.25, 0.3) is 0 Å². The van der Waals surface area contributed by atoms with Crippen LogP contribution < -0.4 is 31.3 Å². The van der Waals surface area contributed by atoms with Gasteiger partial charge < -0.3 is 21.9 Å². The summed E-state index contributed by atoms with van der Waals surface area (Å²) >= 11 is 11.1. The SMILES string of the molecule is CCOC(=O)c1c[c-]c(CCl)cc1.CCOC(=O)c1c[c-]c(CCl)cc1.[Cl-].[Li+].[Zn+2]. The summed E-state index contributed by atoms with van der Waals surface area (Å²) in [5, 5.41) is 0. The van der Waals surface area contributed by atoms with E-state index in [1.807, 2.05) is 0 Å². The van der Waals surface area contributed by atoms with Crippen molar-refractivity contribution in [2.24, 2.45) is 0 Å². The Balaban J connectivity index is -0.000000422. The predicted molar refractivity (Wildman–Crippen MR) is 102 cm³/mol. The van der Waals surface area contributed by atoms with Crippen LogP contribution in [-0.4, -0.2) is 25.2 Å². The molecule has 2 rings (SSSR count). The largest absolute Gasteiger partial charge is 2.00 e. The van der Waals surface area contributed by atoms with Gasteiger partial charge in [0.1, 0.15) is 0 Å². The number of carbonyl (C=O) groups excluding carboxylic acids is 2. The monoisotopic (exact) mass is 500 g/mol. The topological polar surface area (TPSA) is 52.6 Å². The molecule has 0 radical (unpaired) electrons. The third kappa shape index (κ3) is 12.7. The first-order valence-electron chi connectivity index (χ1n) is 8.03. The minimum absolute atomic E-state index is 0. The Morgan fingerprint density at radius 3 is 1.38 bits per heavy atom. The summed E-state index contributed by atoms with van der Waals surface area (Å²) in [6.45, 7) is 4.32. The van der Waals surface area contributed by atoms with E-state index in [1.54, 1.807) is 50.2 Å². The van der Waals surface area contributed by atoms with Crippen molar-refractivity contribution in [1.29, 1.82) is 0 Å². The van der Waals surface area contributed by atoms with Gasteiger partial charge in [0.05, 0.1) is 13.2 Å². The maximum absolute atomic E-state index is 11.2. The van der Waals surface area contributed by atoms with Crippen LogP contribution in [0.15, 0.2) is 36.4 Å². The molecule has 2 aromatic rings. The molecule has 0 amide bonds. The number of esters is 2. The molecule has 0 saturated heterocycles. The van der Waals surface area contributed by atoms with Gasteiger partial charge in [-0.3, -0.25) is 9.59 Å². The summed E-state index contributed by atoms with van der Waals surface area (Å²) in [5.74, 6) is 0.173. The van der Waals surface area contributed by atoms with Gasteiger partial charge in [0.2, 0.25) is 0 Å². The third-order valence-corrected chi connectivity index (χ3v) is 3.64. The minimum atomic E-state index is -0.320. The van der Waals surface area contributed by atoms with Gasteiger partial charge in [0.15, 0.2) is 0 Å². The summed E-state index contributed by atoms with van der Waals surface area (Å²) in [6.07, 6.45) is 0. The molecule has 0 spiro atoms. The van der Waals surface area contributed by atoms with Crippen molar-refractivity contribution in [2.45, 2.75) is 25.6 Å². The summed E-state index contributed by atoms with van der Waals surface area (Å²) in [5.41, 5.74) is 2.76. The fourth-order valence-corrected chi connectivity index (χ4v) is 2.10. The minimum Gasteiger partial charge on any atom is -1.00 e. The first-order chi connectivity index (χ1) is 12.5. The zero-order valence-corrected chi connectivity index (χ0v) is 22.0. The van der Waals surface area contributed by atoms with Crippen LogP contribution in [0.3, 0.4) is 0 Å². The van der Waals surface area contributed by atoms with Crippen LogP contribution in [0.1, 0.15) is 45.7 Å². The van der Waals surface area contributed by atoms with Gasteiger partial charge in [0.25, 0.3) is 11.9 Å². The van der Waals surface area contributed by atoms with E-state index >= 15 is 0 Å². The molecule has 148 valence electrons. The summed E-state index contributed by atoms with van der Waals surface area (Å²) < 4.78 is 9.62. The fourth-order valence-electron chi connectivity index (χ4n) is 1.76. The summed E-state index contributed by atoms with van der Waals surface area (Å²) in [4.78, 5) is 22.3. The number of benzene rings is 2. The molecule has 0 aromatic heterocycles. The molecule has 4 nitrogen and oxygen atoms in total. The van der Waals surface area contributed by atoms with Crippen molar-refractivity contribution >= 4 is 35.1 Å². The molecule has 0 unspecified atom stereocenters. The average molecular weight is 503 g/mol. The van der Waals surface area contributed by atoms with Gasteiger partial charge >= 0.3 is 38.3 Å². The maximum atomic E-state index is 11.2. The van der Waals surface area contributed by atoms with E-state index in [0.717, 1.165) is 11.1 Å². The molecular weight excluding hydrogens is 483 g/mol. The van der Waals surface area contributed by atoms with E-state index in [2.05, 4.69) is 12.1 Å². The Hall–Kier alpha value is -0.529. The maximum Gasteiger partial charge on any atom is 2.00 e.